The van der Waals surface area contributed by atoms with Gasteiger partial charge >= 0.3 is 6.18 Å². The number of hydrogen-bond donors (Lipinski definition) is 2. The largest absolute Gasteiger partial charge is 0.417 e. The summed E-state index contributed by atoms with van der Waals surface area (Å²) in [6.45, 7) is 1.33. The molecule has 0 aromatic heterocycles. The maximum Gasteiger partial charge on any atom is 0.417 e. The number of alkyl halides is 3. The van der Waals surface area contributed by atoms with Gasteiger partial charge in [-0.3, -0.25) is 4.79 Å². The molecule has 0 saturated carbocycles. The smallest absolute Gasteiger partial charge is 0.392 e. The summed E-state index contributed by atoms with van der Waals surface area (Å²) in [5.74, 6) is -0.848. The summed E-state index contributed by atoms with van der Waals surface area (Å²) in [5.41, 5.74) is -1.43. The first-order chi connectivity index (χ1) is 7.82. The Balaban J connectivity index is 2.94. The topological polar surface area (TPSA) is 49.3 Å². The Hall–Kier alpha value is -1.56. The van der Waals surface area contributed by atoms with Crippen LogP contribution in [0.1, 0.15) is 22.8 Å². The molecule has 0 heterocycles. The fraction of sp³-hybridized carbons (Fsp3) is 0.364. The van der Waals surface area contributed by atoms with Crippen molar-refractivity contribution in [3.05, 3.63) is 35.4 Å². The Labute approximate surface area is 96.3 Å². The standard InChI is InChI=1S/C11H12F3NO2/c1-7(16)6-15-10(17)8-4-2-3-5-9(8)11(12,13)14/h2-5,7,16H,6H2,1H3,(H,15,17)/t7-/m0/s1. The van der Waals surface area contributed by atoms with E-state index >= 15 is 0 Å². The van der Waals surface area contributed by atoms with E-state index in [0.717, 1.165) is 12.1 Å². The van der Waals surface area contributed by atoms with Crippen molar-refractivity contribution in [1.29, 1.82) is 0 Å². The molecule has 1 rings (SSSR count). The third-order valence-electron chi connectivity index (χ3n) is 2.04. The number of benzene rings is 1. The molecule has 1 amide bonds. The second-order valence-corrected chi connectivity index (χ2v) is 3.60. The number of amides is 1. The van der Waals surface area contributed by atoms with Crippen LogP contribution in [-0.4, -0.2) is 23.7 Å². The summed E-state index contributed by atoms with van der Waals surface area (Å²) < 4.78 is 37.7. The molecule has 0 aliphatic carbocycles. The summed E-state index contributed by atoms with van der Waals surface area (Å²) in [6.07, 6.45) is -5.38. The predicted octanol–water partition coefficient (Wildman–Crippen LogP) is 1.82. The van der Waals surface area contributed by atoms with E-state index in [0.29, 0.717) is 0 Å². The molecule has 1 atom stereocenters. The third kappa shape index (κ3) is 3.74. The predicted molar refractivity (Wildman–Crippen MR) is 55.5 cm³/mol. The first-order valence-electron chi connectivity index (χ1n) is 4.95. The van der Waals surface area contributed by atoms with Crippen LogP contribution in [0, 0.1) is 0 Å². The lowest BCUT2D eigenvalue weighted by Gasteiger charge is -2.13. The quantitative estimate of drug-likeness (QED) is 0.855. The van der Waals surface area contributed by atoms with Gasteiger partial charge in [-0.1, -0.05) is 12.1 Å². The maximum atomic E-state index is 12.6. The average molecular weight is 247 g/mol. The van der Waals surface area contributed by atoms with E-state index in [2.05, 4.69) is 5.32 Å². The number of carbonyl (C=O) groups is 1. The van der Waals surface area contributed by atoms with Gasteiger partial charge in [0, 0.05) is 6.54 Å². The number of aliphatic hydroxyl groups excluding tert-OH is 1. The molecule has 0 spiro atoms. The molecule has 1 aromatic carbocycles. The molecule has 0 unspecified atom stereocenters. The number of rotatable bonds is 3. The van der Waals surface area contributed by atoms with Gasteiger partial charge < -0.3 is 10.4 Å². The van der Waals surface area contributed by atoms with Gasteiger partial charge in [0.05, 0.1) is 17.2 Å². The number of halogens is 3. The SMILES string of the molecule is C[C@H](O)CNC(=O)c1ccccc1C(F)(F)F. The van der Waals surface area contributed by atoms with E-state index in [1.807, 2.05) is 0 Å². The molecular weight excluding hydrogens is 235 g/mol. The van der Waals surface area contributed by atoms with Crippen molar-refractivity contribution in [1.82, 2.24) is 5.32 Å². The molecule has 0 aliphatic rings. The zero-order valence-corrected chi connectivity index (χ0v) is 9.08. The summed E-state index contributed by atoms with van der Waals surface area (Å²) in [6, 6.07) is 4.51. The second-order valence-electron chi connectivity index (χ2n) is 3.60. The minimum Gasteiger partial charge on any atom is -0.392 e. The van der Waals surface area contributed by atoms with Crippen LogP contribution in [0.25, 0.3) is 0 Å². The van der Waals surface area contributed by atoms with Crippen LogP contribution in [0.4, 0.5) is 13.2 Å². The normalized spacial score (nSPS) is 13.2. The molecule has 2 N–H and O–H groups in total. The summed E-state index contributed by atoms with van der Waals surface area (Å²) >= 11 is 0. The van der Waals surface area contributed by atoms with Crippen molar-refractivity contribution < 1.29 is 23.1 Å². The van der Waals surface area contributed by atoms with Gasteiger partial charge in [-0.2, -0.15) is 13.2 Å². The van der Waals surface area contributed by atoms with Crippen molar-refractivity contribution in [2.45, 2.75) is 19.2 Å². The highest BCUT2D eigenvalue weighted by Gasteiger charge is 2.34. The first kappa shape index (κ1) is 13.5. The van der Waals surface area contributed by atoms with E-state index in [1.165, 1.54) is 19.1 Å². The lowest BCUT2D eigenvalue weighted by atomic mass is 10.1. The highest BCUT2D eigenvalue weighted by atomic mass is 19.4. The van der Waals surface area contributed by atoms with Crippen molar-refractivity contribution in [2.75, 3.05) is 6.54 Å². The van der Waals surface area contributed by atoms with Crippen molar-refractivity contribution in [3.63, 3.8) is 0 Å². The minimum absolute atomic E-state index is 0.0922. The Morgan fingerprint density at radius 2 is 2.00 bits per heavy atom. The van der Waals surface area contributed by atoms with Crippen LogP contribution in [0.5, 0.6) is 0 Å². The van der Waals surface area contributed by atoms with Gasteiger partial charge in [-0.05, 0) is 19.1 Å². The Morgan fingerprint density at radius 1 is 1.41 bits per heavy atom. The molecule has 3 nitrogen and oxygen atoms in total. The first-order valence-corrected chi connectivity index (χ1v) is 4.95. The van der Waals surface area contributed by atoms with Gasteiger partial charge in [0.15, 0.2) is 0 Å². The van der Waals surface area contributed by atoms with E-state index in [1.54, 1.807) is 0 Å². The summed E-state index contributed by atoms with van der Waals surface area (Å²) in [4.78, 5) is 11.5. The highest BCUT2D eigenvalue weighted by molar-refractivity contribution is 5.95. The number of aliphatic hydroxyl groups is 1. The lowest BCUT2D eigenvalue weighted by molar-refractivity contribution is -0.137. The van der Waals surface area contributed by atoms with Crippen LogP contribution in [0.2, 0.25) is 0 Å². The van der Waals surface area contributed by atoms with Crippen LogP contribution in [0.15, 0.2) is 24.3 Å². The molecule has 0 bridgehead atoms. The molecule has 6 heteroatoms. The minimum atomic E-state index is -4.57. The zero-order chi connectivity index (χ0) is 13.1. The van der Waals surface area contributed by atoms with Gasteiger partial charge in [-0.15, -0.1) is 0 Å². The number of nitrogens with one attached hydrogen (secondary N) is 1. The summed E-state index contributed by atoms with van der Waals surface area (Å²) in [5, 5.41) is 11.2. The lowest BCUT2D eigenvalue weighted by Crippen LogP contribution is -2.32. The third-order valence-corrected chi connectivity index (χ3v) is 2.04. The van der Waals surface area contributed by atoms with Gasteiger partial charge in [0.25, 0.3) is 5.91 Å². The fourth-order valence-electron chi connectivity index (χ4n) is 1.26. The van der Waals surface area contributed by atoms with E-state index in [-0.39, 0.29) is 6.54 Å². The molecule has 0 radical (unpaired) electrons. The Bertz CT molecular complexity index is 402. The number of hydrogen-bond acceptors (Lipinski definition) is 2. The second kappa shape index (κ2) is 5.18. The Morgan fingerprint density at radius 3 is 2.53 bits per heavy atom. The van der Waals surface area contributed by atoms with E-state index in [9.17, 15) is 18.0 Å². The van der Waals surface area contributed by atoms with Crippen LogP contribution in [0.3, 0.4) is 0 Å². The fourth-order valence-corrected chi connectivity index (χ4v) is 1.26. The molecule has 94 valence electrons. The van der Waals surface area contributed by atoms with Crippen LogP contribution < -0.4 is 5.32 Å². The molecule has 17 heavy (non-hydrogen) atoms. The van der Waals surface area contributed by atoms with Crippen LogP contribution in [-0.2, 0) is 6.18 Å². The van der Waals surface area contributed by atoms with Crippen molar-refractivity contribution in [3.8, 4) is 0 Å². The Kier molecular flexibility index (Phi) is 4.11. The molecule has 0 aliphatic heterocycles. The van der Waals surface area contributed by atoms with Gasteiger partial charge in [-0.25, -0.2) is 0 Å². The monoisotopic (exact) mass is 247 g/mol. The van der Waals surface area contributed by atoms with Crippen molar-refractivity contribution >= 4 is 5.91 Å². The van der Waals surface area contributed by atoms with E-state index in [4.69, 9.17) is 5.11 Å². The van der Waals surface area contributed by atoms with Crippen LogP contribution >= 0.6 is 0 Å². The van der Waals surface area contributed by atoms with Crippen molar-refractivity contribution in [2.24, 2.45) is 0 Å². The highest BCUT2D eigenvalue weighted by Crippen LogP contribution is 2.31. The average Bonchev–Trinajstić information content (AvgIpc) is 2.24. The molecule has 0 saturated heterocycles. The molecule has 0 fully saturated rings. The van der Waals surface area contributed by atoms with E-state index < -0.39 is 29.3 Å². The molecular formula is C11H12F3NO2. The summed E-state index contributed by atoms with van der Waals surface area (Å²) in [7, 11) is 0. The zero-order valence-electron chi connectivity index (χ0n) is 9.08. The maximum absolute atomic E-state index is 12.6. The number of carbonyl (C=O) groups excluding carboxylic acids is 1. The van der Waals surface area contributed by atoms with Gasteiger partial charge in [0.2, 0.25) is 0 Å². The molecule has 1 aromatic rings. The van der Waals surface area contributed by atoms with Gasteiger partial charge in [0.1, 0.15) is 0 Å².